The lowest BCUT2D eigenvalue weighted by atomic mass is 9.91. The second kappa shape index (κ2) is 5.35. The smallest absolute Gasteiger partial charge is 0.0401 e. The van der Waals surface area contributed by atoms with Crippen LogP contribution in [-0.2, 0) is 19.4 Å². The van der Waals surface area contributed by atoms with E-state index in [-0.39, 0.29) is 0 Å². The molecule has 0 bridgehead atoms. The zero-order chi connectivity index (χ0) is 13.1. The quantitative estimate of drug-likeness (QED) is 0.816. The van der Waals surface area contributed by atoms with Gasteiger partial charge in [0.2, 0.25) is 0 Å². The molecule has 3 N–H and O–H groups in total. The van der Waals surface area contributed by atoms with Crippen LogP contribution in [0.4, 0.5) is 11.4 Å². The number of hydrogen-bond acceptors (Lipinski definition) is 2. The van der Waals surface area contributed by atoms with Gasteiger partial charge in [-0.1, -0.05) is 18.2 Å². The molecule has 2 heteroatoms. The molecule has 3 rings (SSSR count). The molecule has 0 aromatic heterocycles. The van der Waals surface area contributed by atoms with Gasteiger partial charge in [-0.15, -0.1) is 0 Å². The van der Waals surface area contributed by atoms with E-state index in [0.717, 1.165) is 12.2 Å². The molecule has 0 atom stereocenters. The predicted molar refractivity (Wildman–Crippen MR) is 81.3 cm³/mol. The zero-order valence-electron chi connectivity index (χ0n) is 11.2. The topological polar surface area (TPSA) is 38.0 Å². The van der Waals surface area contributed by atoms with E-state index in [1.807, 2.05) is 18.2 Å². The second-order valence-electron chi connectivity index (χ2n) is 5.29. The maximum Gasteiger partial charge on any atom is 0.0401 e. The van der Waals surface area contributed by atoms with Crippen molar-refractivity contribution in [1.29, 1.82) is 0 Å². The summed E-state index contributed by atoms with van der Waals surface area (Å²) in [6, 6.07) is 14.8. The molecule has 0 saturated heterocycles. The maximum absolute atomic E-state index is 5.79. The molecule has 19 heavy (non-hydrogen) atoms. The molecule has 0 fully saturated rings. The van der Waals surface area contributed by atoms with Crippen molar-refractivity contribution in [2.75, 3.05) is 11.1 Å². The van der Waals surface area contributed by atoms with E-state index in [9.17, 15) is 0 Å². The van der Waals surface area contributed by atoms with Crippen LogP contribution >= 0.6 is 0 Å². The number of nitrogens with two attached hydrogens (primary N) is 1. The van der Waals surface area contributed by atoms with E-state index in [4.69, 9.17) is 5.73 Å². The molecule has 1 aliphatic carbocycles. The van der Waals surface area contributed by atoms with Gasteiger partial charge in [0.05, 0.1) is 0 Å². The van der Waals surface area contributed by atoms with Crippen LogP contribution in [0.25, 0.3) is 0 Å². The van der Waals surface area contributed by atoms with E-state index in [1.54, 1.807) is 0 Å². The van der Waals surface area contributed by atoms with Gasteiger partial charge in [-0.25, -0.2) is 0 Å². The fraction of sp³-hybridized carbons (Fsp3) is 0.294. The zero-order valence-corrected chi connectivity index (χ0v) is 11.2. The van der Waals surface area contributed by atoms with Crippen molar-refractivity contribution >= 4 is 11.4 Å². The minimum atomic E-state index is 0.823. The average Bonchev–Trinajstić information content (AvgIpc) is 2.45. The summed E-state index contributed by atoms with van der Waals surface area (Å²) in [5, 5.41) is 3.48. The summed E-state index contributed by atoms with van der Waals surface area (Å²) in [6.45, 7) is 0.823. The summed E-state index contributed by atoms with van der Waals surface area (Å²) in [4.78, 5) is 0. The van der Waals surface area contributed by atoms with Gasteiger partial charge in [-0.05, 0) is 66.6 Å². The number of hydrogen-bond donors (Lipinski definition) is 2. The SMILES string of the molecule is Nc1cccc(CNc2ccc3c(c2)CCCC3)c1. The molecular formula is C17H20N2. The Hall–Kier alpha value is -1.96. The molecule has 2 nitrogen and oxygen atoms in total. The highest BCUT2D eigenvalue weighted by atomic mass is 14.9. The standard InChI is InChI=1S/C17H20N2/c18-16-7-3-4-13(10-16)12-19-17-9-8-14-5-1-2-6-15(14)11-17/h3-4,7-11,19H,1-2,5-6,12,18H2. The van der Waals surface area contributed by atoms with Crippen molar-refractivity contribution < 1.29 is 0 Å². The number of nitrogen functional groups attached to an aromatic ring is 1. The monoisotopic (exact) mass is 252 g/mol. The highest BCUT2D eigenvalue weighted by molar-refractivity contribution is 5.50. The van der Waals surface area contributed by atoms with E-state index in [0.29, 0.717) is 0 Å². The third-order valence-electron chi connectivity index (χ3n) is 3.80. The Bertz CT molecular complexity index is 575. The number of anilines is 2. The van der Waals surface area contributed by atoms with Crippen LogP contribution in [-0.4, -0.2) is 0 Å². The lowest BCUT2D eigenvalue weighted by Crippen LogP contribution is -2.05. The Balaban J connectivity index is 1.70. The molecule has 0 aliphatic heterocycles. The molecule has 2 aromatic carbocycles. The molecule has 0 radical (unpaired) electrons. The molecule has 0 heterocycles. The average molecular weight is 252 g/mol. The van der Waals surface area contributed by atoms with Crippen molar-refractivity contribution in [2.24, 2.45) is 0 Å². The van der Waals surface area contributed by atoms with Gasteiger partial charge in [0.1, 0.15) is 0 Å². The van der Waals surface area contributed by atoms with Crippen LogP contribution in [0.2, 0.25) is 0 Å². The largest absolute Gasteiger partial charge is 0.399 e. The predicted octanol–water partition coefficient (Wildman–Crippen LogP) is 3.76. The van der Waals surface area contributed by atoms with Gasteiger partial charge in [0, 0.05) is 17.9 Å². The number of fused-ring (bicyclic) bond motifs is 1. The fourth-order valence-corrected chi connectivity index (χ4v) is 2.75. The first-order valence-electron chi connectivity index (χ1n) is 7.01. The van der Waals surface area contributed by atoms with E-state index >= 15 is 0 Å². The molecule has 0 amide bonds. The van der Waals surface area contributed by atoms with E-state index < -0.39 is 0 Å². The van der Waals surface area contributed by atoms with Gasteiger partial charge in [-0.3, -0.25) is 0 Å². The second-order valence-corrected chi connectivity index (χ2v) is 5.29. The van der Waals surface area contributed by atoms with E-state index in [2.05, 4.69) is 29.6 Å². The van der Waals surface area contributed by atoms with Crippen LogP contribution in [0.5, 0.6) is 0 Å². The third kappa shape index (κ3) is 2.90. The Morgan fingerprint density at radius 2 is 1.79 bits per heavy atom. The molecule has 2 aromatic rings. The molecular weight excluding hydrogens is 232 g/mol. The minimum Gasteiger partial charge on any atom is -0.399 e. The van der Waals surface area contributed by atoms with E-state index in [1.165, 1.54) is 48.1 Å². The van der Waals surface area contributed by atoms with Gasteiger partial charge in [0.25, 0.3) is 0 Å². The Morgan fingerprint density at radius 3 is 2.63 bits per heavy atom. The highest BCUT2D eigenvalue weighted by Crippen LogP contribution is 2.24. The van der Waals surface area contributed by atoms with Gasteiger partial charge in [-0.2, -0.15) is 0 Å². The molecule has 0 unspecified atom stereocenters. The summed E-state index contributed by atoms with van der Waals surface area (Å²) < 4.78 is 0. The van der Waals surface area contributed by atoms with Crippen molar-refractivity contribution in [3.8, 4) is 0 Å². The van der Waals surface area contributed by atoms with Gasteiger partial charge >= 0.3 is 0 Å². The lowest BCUT2D eigenvalue weighted by molar-refractivity contribution is 0.686. The van der Waals surface area contributed by atoms with Gasteiger partial charge < -0.3 is 11.1 Å². The lowest BCUT2D eigenvalue weighted by Gasteiger charge is -2.17. The number of aryl methyl sites for hydroxylation is 2. The molecule has 0 saturated carbocycles. The Kier molecular flexibility index (Phi) is 3.41. The first-order chi connectivity index (χ1) is 9.31. The van der Waals surface area contributed by atoms with Crippen LogP contribution in [0.1, 0.15) is 29.5 Å². The van der Waals surface area contributed by atoms with Crippen molar-refractivity contribution in [3.63, 3.8) is 0 Å². The number of benzene rings is 2. The van der Waals surface area contributed by atoms with Crippen molar-refractivity contribution in [3.05, 3.63) is 59.2 Å². The summed E-state index contributed by atoms with van der Waals surface area (Å²) in [5.74, 6) is 0. The first kappa shape index (κ1) is 12.1. The normalized spacial score (nSPS) is 13.9. The third-order valence-corrected chi connectivity index (χ3v) is 3.80. The van der Waals surface area contributed by atoms with Crippen molar-refractivity contribution in [2.45, 2.75) is 32.2 Å². The summed E-state index contributed by atoms with van der Waals surface area (Å²) in [6.07, 6.45) is 5.13. The molecule has 98 valence electrons. The molecule has 0 spiro atoms. The minimum absolute atomic E-state index is 0.823. The fourth-order valence-electron chi connectivity index (χ4n) is 2.75. The van der Waals surface area contributed by atoms with Crippen LogP contribution in [0.3, 0.4) is 0 Å². The van der Waals surface area contributed by atoms with Crippen LogP contribution in [0, 0.1) is 0 Å². The Morgan fingerprint density at radius 1 is 0.947 bits per heavy atom. The highest BCUT2D eigenvalue weighted by Gasteiger charge is 2.09. The molecule has 1 aliphatic rings. The van der Waals surface area contributed by atoms with Crippen LogP contribution in [0.15, 0.2) is 42.5 Å². The first-order valence-corrected chi connectivity index (χ1v) is 7.01. The van der Waals surface area contributed by atoms with Gasteiger partial charge in [0.15, 0.2) is 0 Å². The summed E-state index contributed by atoms with van der Waals surface area (Å²) >= 11 is 0. The number of rotatable bonds is 3. The summed E-state index contributed by atoms with van der Waals surface area (Å²) in [5.41, 5.74) is 12.1. The van der Waals surface area contributed by atoms with Crippen molar-refractivity contribution in [1.82, 2.24) is 0 Å². The summed E-state index contributed by atoms with van der Waals surface area (Å²) in [7, 11) is 0. The maximum atomic E-state index is 5.79. The van der Waals surface area contributed by atoms with Crippen LogP contribution < -0.4 is 11.1 Å². The number of nitrogens with one attached hydrogen (secondary N) is 1. The Labute approximate surface area is 114 Å².